The van der Waals surface area contributed by atoms with Crippen LogP contribution in [0.4, 0.5) is 5.69 Å². The summed E-state index contributed by atoms with van der Waals surface area (Å²) in [5.41, 5.74) is 28.2. The van der Waals surface area contributed by atoms with Crippen LogP contribution in [-0.2, 0) is 0 Å². The number of rotatable bonds is 18. The molecule has 2 heterocycles. The Morgan fingerprint density at radius 3 is 0.716 bits per heavy atom. The van der Waals surface area contributed by atoms with E-state index < -0.39 is 0 Å². The van der Waals surface area contributed by atoms with Crippen molar-refractivity contribution in [3.8, 4) is 119 Å². The second kappa shape index (κ2) is 34.5. The molecule has 0 aliphatic heterocycles. The maximum Gasteiger partial charge on any atom is 0.187 e. The molecule has 0 spiro atoms. The molecule has 0 aliphatic carbocycles. The molecule has 8 nitrogen and oxygen atoms in total. The van der Waals surface area contributed by atoms with Gasteiger partial charge in [-0.15, -0.1) is 0 Å². The van der Waals surface area contributed by atoms with Crippen LogP contribution >= 0.6 is 0 Å². The van der Waals surface area contributed by atoms with Crippen molar-refractivity contribution in [3.05, 3.63) is 498 Å². The largest absolute Gasteiger partial charge is 0.238 e. The van der Waals surface area contributed by atoms with Gasteiger partial charge >= 0.3 is 0 Å². The summed E-state index contributed by atoms with van der Waals surface area (Å²) in [5.74, 6) is 3.54. The van der Waals surface area contributed by atoms with E-state index in [-0.39, 0.29) is 0 Å². The zero-order valence-electron chi connectivity index (χ0n) is 63.1. The van der Waals surface area contributed by atoms with Crippen LogP contribution in [0.2, 0.25) is 0 Å². The lowest BCUT2D eigenvalue weighted by atomic mass is 9.85. The summed E-state index contributed by atoms with van der Waals surface area (Å²) in [7, 11) is 0. The number of hydrogen-bond donors (Lipinski definition) is 0. The van der Waals surface area contributed by atoms with Crippen LogP contribution in [0.15, 0.2) is 437 Å². The minimum atomic E-state index is 0.563. The molecule has 18 aromatic rings. The van der Waals surface area contributed by atoms with Crippen molar-refractivity contribution in [2.45, 2.75) is 0 Å². The van der Waals surface area contributed by atoms with Crippen LogP contribution in [0.5, 0.6) is 0 Å². The van der Waals surface area contributed by atoms with E-state index in [2.05, 4.69) is 278 Å². The predicted octanol–water partition coefficient (Wildman–Crippen LogP) is 26.9. The molecule has 0 bridgehead atoms. The Morgan fingerprint density at radius 2 is 0.414 bits per heavy atom. The lowest BCUT2D eigenvalue weighted by molar-refractivity contribution is 1.07. The zero-order valence-corrected chi connectivity index (χ0v) is 63.1. The maximum atomic E-state index is 9.81. The molecule has 18 rings (SSSR count). The Balaban J connectivity index is 0.000000167. The fourth-order valence-corrected chi connectivity index (χ4v) is 14.7. The molecule has 0 atom stereocenters. The van der Waals surface area contributed by atoms with Crippen LogP contribution in [0.25, 0.3) is 140 Å². The Bertz CT molecular complexity index is 6420. The average Bonchev–Trinajstić information content (AvgIpc) is 0.783. The van der Waals surface area contributed by atoms with Gasteiger partial charge in [-0.1, -0.05) is 382 Å². The molecule has 0 fully saturated rings. The zero-order chi connectivity index (χ0) is 78.2. The van der Waals surface area contributed by atoms with Crippen molar-refractivity contribution < 1.29 is 0 Å². The summed E-state index contributed by atoms with van der Waals surface area (Å²) < 4.78 is 0. The highest BCUT2D eigenvalue weighted by molar-refractivity contribution is 6.06. The second-order valence-corrected chi connectivity index (χ2v) is 27.9. The molecule has 0 amide bonds. The van der Waals surface area contributed by atoms with Crippen LogP contribution in [0.3, 0.4) is 0 Å². The number of hydrogen-bond acceptors (Lipinski definition) is 7. The van der Waals surface area contributed by atoms with Crippen molar-refractivity contribution in [3.63, 3.8) is 0 Å². The van der Waals surface area contributed by atoms with Gasteiger partial charge in [-0.3, -0.25) is 0 Å². The Labute approximate surface area is 676 Å². The van der Waals surface area contributed by atoms with Crippen LogP contribution in [-0.4, -0.2) is 29.9 Å². The van der Waals surface area contributed by atoms with E-state index in [1.54, 1.807) is 0 Å². The Hall–Kier alpha value is -16.0. The summed E-state index contributed by atoms with van der Waals surface area (Å²) in [6.45, 7) is 7.55. The molecule has 0 unspecified atom stereocenters. The van der Waals surface area contributed by atoms with Crippen molar-refractivity contribution in [1.29, 1.82) is 5.26 Å². The predicted molar refractivity (Wildman–Crippen MR) is 474 cm³/mol. The molecule has 2 aromatic heterocycles. The van der Waals surface area contributed by atoms with Gasteiger partial charge in [0.15, 0.2) is 40.6 Å². The van der Waals surface area contributed by atoms with Gasteiger partial charge in [0.05, 0.1) is 18.2 Å². The van der Waals surface area contributed by atoms with Crippen molar-refractivity contribution >= 4 is 28.0 Å². The first kappa shape index (κ1) is 72.8. The molecule has 16 aromatic carbocycles. The molecule has 0 aliphatic rings. The van der Waals surface area contributed by atoms with E-state index in [4.69, 9.17) is 36.5 Å². The SMILES string of the molecule is N#Cc1cccc(-c2cc(-c3ccc(C(=C(c4ccccc4)c4ccccc4)c4ccccc4)cc3)cc(-c3nc(-c4ccccc4)nc(-c4ccccc4)n3)c2)c1.[C-]#[N+]c1ccc(-c2cc(-c3cccc(C(=C(c4ccccc4)c4ccccc4)c4ccccc4)c3)cc(-c3nc(-c4ccccc4)nc(-c4ccccc4)n3)c2)cc1. The first-order valence-electron chi connectivity index (χ1n) is 38.5. The van der Waals surface area contributed by atoms with Crippen LogP contribution < -0.4 is 0 Å². The minimum Gasteiger partial charge on any atom is -0.238 e. The highest BCUT2D eigenvalue weighted by Crippen LogP contribution is 2.43. The van der Waals surface area contributed by atoms with Gasteiger partial charge in [0, 0.05) is 33.4 Å². The van der Waals surface area contributed by atoms with Gasteiger partial charge in [0.25, 0.3) is 0 Å². The van der Waals surface area contributed by atoms with Crippen LogP contribution in [0.1, 0.15) is 50.1 Å². The monoisotopic (exact) mass is 1480 g/mol. The number of nitriles is 1. The van der Waals surface area contributed by atoms with Gasteiger partial charge < -0.3 is 0 Å². The third-order valence-corrected chi connectivity index (χ3v) is 20.3. The number of benzene rings is 16. The Kier molecular flexibility index (Phi) is 21.7. The summed E-state index contributed by atoms with van der Waals surface area (Å²) >= 11 is 0. The minimum absolute atomic E-state index is 0.563. The number of aromatic nitrogens is 6. The first-order valence-corrected chi connectivity index (χ1v) is 38.5. The molecular formula is C108H72N8. The van der Waals surface area contributed by atoms with Crippen molar-refractivity contribution in [1.82, 2.24) is 29.9 Å². The molecular weight excluding hydrogens is 1410 g/mol. The maximum absolute atomic E-state index is 9.81. The molecule has 116 heavy (non-hydrogen) atoms. The molecule has 0 saturated carbocycles. The fraction of sp³-hybridized carbons (Fsp3) is 0. The normalized spacial score (nSPS) is 10.7. The molecule has 8 heteroatoms. The Morgan fingerprint density at radius 1 is 0.190 bits per heavy atom. The van der Waals surface area contributed by atoms with Gasteiger partial charge in [0.1, 0.15) is 0 Å². The van der Waals surface area contributed by atoms with Gasteiger partial charge in [-0.05, 0) is 166 Å². The third-order valence-electron chi connectivity index (χ3n) is 20.3. The smallest absolute Gasteiger partial charge is 0.187 e. The van der Waals surface area contributed by atoms with Crippen molar-refractivity contribution in [2.24, 2.45) is 0 Å². The summed E-state index contributed by atoms with van der Waals surface area (Å²) in [6, 6.07) is 152. The van der Waals surface area contributed by atoms with E-state index in [1.807, 2.05) is 170 Å². The van der Waals surface area contributed by atoms with E-state index in [0.29, 0.717) is 46.2 Å². The molecule has 0 saturated heterocycles. The quantitative estimate of drug-likeness (QED) is 0.0622. The van der Waals surface area contributed by atoms with Gasteiger partial charge in [0.2, 0.25) is 0 Å². The standard InChI is InChI=1S/2C54H36N4/c1-55-49-32-30-38(31-33-49)46-35-47(37-48(36-46)54-57-52(42-24-13-5-14-25-42)56-53(58-54)43-26-15-6-16-27-43)44-28-17-29-45(34-44)51(41-22-11-4-12-23-41)50(39-18-7-2-8-19-39)40-20-9-3-10-21-40;55-37-38-17-16-28-46(33-38)48-34-47(35-49(36-48)54-57-52(44-24-12-4-13-25-44)56-53(58-54)45-26-14-5-15-27-45)39-29-31-43(32-30-39)51(42-22-10-3-11-23-42)50(40-18-6-1-7-19-40)41-20-8-2-9-21-41/h2-37H;1-36H. The van der Waals surface area contributed by atoms with E-state index in [9.17, 15) is 5.26 Å². The second-order valence-electron chi connectivity index (χ2n) is 27.9. The molecule has 0 N–H and O–H groups in total. The third kappa shape index (κ3) is 16.6. The highest BCUT2D eigenvalue weighted by atomic mass is 15.0. The first-order chi connectivity index (χ1) is 57.4. The summed E-state index contributed by atoms with van der Waals surface area (Å²) in [4.78, 5) is 33.9. The summed E-state index contributed by atoms with van der Waals surface area (Å²) in [6.07, 6.45) is 0. The fourth-order valence-electron chi connectivity index (χ4n) is 14.7. The van der Waals surface area contributed by atoms with E-state index in [0.717, 1.165) is 139 Å². The summed E-state index contributed by atoms with van der Waals surface area (Å²) in [5, 5.41) is 9.81. The van der Waals surface area contributed by atoms with E-state index in [1.165, 1.54) is 5.57 Å². The highest BCUT2D eigenvalue weighted by Gasteiger charge is 2.22. The lowest BCUT2D eigenvalue weighted by Gasteiger charge is -2.19. The average molecular weight is 1480 g/mol. The molecule has 0 radical (unpaired) electrons. The lowest BCUT2D eigenvalue weighted by Crippen LogP contribution is -2.00. The topological polar surface area (TPSA) is 105 Å². The van der Waals surface area contributed by atoms with Crippen molar-refractivity contribution in [2.75, 3.05) is 0 Å². The van der Waals surface area contributed by atoms with Crippen LogP contribution in [0, 0.1) is 17.9 Å². The number of nitrogens with zero attached hydrogens (tertiary/aromatic N) is 8. The van der Waals surface area contributed by atoms with Gasteiger partial charge in [-0.25, -0.2) is 34.7 Å². The van der Waals surface area contributed by atoms with Gasteiger partial charge in [-0.2, -0.15) is 5.26 Å². The molecule has 544 valence electrons. The van der Waals surface area contributed by atoms with E-state index >= 15 is 0 Å².